The van der Waals surface area contributed by atoms with Crippen LogP contribution in [0.2, 0.25) is 0 Å². The van der Waals surface area contributed by atoms with Gasteiger partial charge in [0.2, 0.25) is 21.8 Å². The Morgan fingerprint density at radius 2 is 1.32 bits per heavy atom. The van der Waals surface area contributed by atoms with Gasteiger partial charge < -0.3 is 19.5 Å². The molecular formula is C20H20BrN3O6S. The molecule has 2 N–H and O–H groups in total. The maximum absolute atomic E-state index is 13.1. The molecule has 2 heterocycles. The van der Waals surface area contributed by atoms with E-state index in [1.165, 1.54) is 24.7 Å². The van der Waals surface area contributed by atoms with Gasteiger partial charge in [-0.15, -0.1) is 0 Å². The molecule has 0 unspecified atom stereocenters. The molecule has 0 fully saturated rings. The van der Waals surface area contributed by atoms with Crippen LogP contribution in [0, 0.1) is 0 Å². The number of rotatable bonds is 10. The molecule has 0 saturated heterocycles. The van der Waals surface area contributed by atoms with Crippen molar-refractivity contribution in [2.75, 3.05) is 13.1 Å². The second kappa shape index (κ2) is 10.4. The Bertz CT molecular complexity index is 1040. The van der Waals surface area contributed by atoms with Crippen LogP contribution in [0.25, 0.3) is 0 Å². The summed E-state index contributed by atoms with van der Waals surface area (Å²) in [6.45, 7) is -0.869. The van der Waals surface area contributed by atoms with Crippen molar-refractivity contribution < 1.29 is 26.8 Å². The number of furan rings is 2. The molecular weight excluding hydrogens is 490 g/mol. The number of nitrogens with zero attached hydrogens (tertiary/aromatic N) is 1. The van der Waals surface area contributed by atoms with Gasteiger partial charge in [0, 0.05) is 4.47 Å². The smallest absolute Gasteiger partial charge is 0.244 e. The van der Waals surface area contributed by atoms with Gasteiger partial charge in [0.15, 0.2) is 0 Å². The van der Waals surface area contributed by atoms with Gasteiger partial charge in [-0.25, -0.2) is 8.42 Å². The number of nitrogens with one attached hydrogen (secondary N) is 2. The van der Waals surface area contributed by atoms with Gasteiger partial charge in [-0.1, -0.05) is 15.9 Å². The third-order valence-electron chi connectivity index (χ3n) is 4.17. The number of amides is 2. The van der Waals surface area contributed by atoms with Crippen LogP contribution < -0.4 is 10.6 Å². The third-order valence-corrected chi connectivity index (χ3v) is 6.51. The van der Waals surface area contributed by atoms with Crippen molar-refractivity contribution in [1.29, 1.82) is 0 Å². The predicted molar refractivity (Wildman–Crippen MR) is 114 cm³/mol. The largest absolute Gasteiger partial charge is 0.467 e. The summed E-state index contributed by atoms with van der Waals surface area (Å²) in [5.74, 6) is -0.106. The minimum atomic E-state index is -4.11. The van der Waals surface area contributed by atoms with Crippen LogP contribution in [0.1, 0.15) is 11.5 Å². The summed E-state index contributed by atoms with van der Waals surface area (Å²) >= 11 is 3.25. The van der Waals surface area contributed by atoms with Gasteiger partial charge in [0.25, 0.3) is 0 Å². The second-order valence-corrected chi connectivity index (χ2v) is 9.29. The van der Waals surface area contributed by atoms with Gasteiger partial charge in [-0.05, 0) is 48.5 Å². The fourth-order valence-corrected chi connectivity index (χ4v) is 4.23. The van der Waals surface area contributed by atoms with E-state index in [4.69, 9.17) is 8.83 Å². The molecule has 2 aromatic heterocycles. The van der Waals surface area contributed by atoms with Crippen molar-refractivity contribution in [3.8, 4) is 0 Å². The van der Waals surface area contributed by atoms with Crippen LogP contribution in [0.4, 0.5) is 0 Å². The van der Waals surface area contributed by atoms with Gasteiger partial charge in [-0.2, -0.15) is 4.31 Å². The Labute approximate surface area is 187 Å². The number of sulfonamides is 1. The molecule has 9 nitrogen and oxygen atoms in total. The second-order valence-electron chi connectivity index (χ2n) is 6.44. The number of benzene rings is 1. The lowest BCUT2D eigenvalue weighted by atomic mass is 10.4. The molecule has 2 amide bonds. The first kappa shape index (κ1) is 22.8. The average Bonchev–Trinajstić information content (AvgIpc) is 3.44. The Morgan fingerprint density at radius 1 is 0.839 bits per heavy atom. The fraction of sp³-hybridized carbons (Fsp3) is 0.200. The number of hydrogen-bond donors (Lipinski definition) is 2. The summed E-state index contributed by atoms with van der Waals surface area (Å²) < 4.78 is 38.0. The quantitative estimate of drug-likeness (QED) is 0.432. The molecule has 0 aliphatic heterocycles. The van der Waals surface area contributed by atoms with Crippen LogP contribution >= 0.6 is 15.9 Å². The molecule has 0 saturated carbocycles. The van der Waals surface area contributed by atoms with E-state index in [1.54, 1.807) is 36.4 Å². The first-order chi connectivity index (χ1) is 14.8. The molecule has 31 heavy (non-hydrogen) atoms. The maximum atomic E-state index is 13.1. The highest BCUT2D eigenvalue weighted by Crippen LogP contribution is 2.18. The highest BCUT2D eigenvalue weighted by atomic mass is 79.9. The van der Waals surface area contributed by atoms with Crippen molar-refractivity contribution in [2.24, 2.45) is 0 Å². The molecule has 0 radical (unpaired) electrons. The molecule has 164 valence electrons. The van der Waals surface area contributed by atoms with Crippen molar-refractivity contribution in [1.82, 2.24) is 14.9 Å². The summed E-state index contributed by atoms with van der Waals surface area (Å²) in [5, 5.41) is 5.17. The predicted octanol–water partition coefficient (Wildman–Crippen LogP) is 2.26. The van der Waals surface area contributed by atoms with Gasteiger partial charge in [0.1, 0.15) is 11.5 Å². The van der Waals surface area contributed by atoms with E-state index in [1.807, 2.05) is 0 Å². The van der Waals surface area contributed by atoms with Crippen molar-refractivity contribution in [2.45, 2.75) is 18.0 Å². The Kier molecular flexibility index (Phi) is 7.66. The Hall–Kier alpha value is -2.89. The molecule has 1 aromatic carbocycles. The zero-order valence-corrected chi connectivity index (χ0v) is 18.7. The SMILES string of the molecule is O=C(CN(CC(=O)NCc1ccco1)S(=O)(=O)c1ccc(Br)cc1)NCc1ccco1. The lowest BCUT2D eigenvalue weighted by Crippen LogP contribution is -2.45. The van der Waals surface area contributed by atoms with Crippen molar-refractivity contribution in [3.63, 3.8) is 0 Å². The van der Waals surface area contributed by atoms with E-state index in [0.717, 1.165) is 4.31 Å². The molecule has 0 aliphatic rings. The van der Waals surface area contributed by atoms with Gasteiger partial charge in [0.05, 0.1) is 43.6 Å². The topological polar surface area (TPSA) is 122 Å². The zero-order valence-electron chi connectivity index (χ0n) is 16.3. The fourth-order valence-electron chi connectivity index (χ4n) is 2.61. The standard InChI is InChI=1S/C20H20BrN3O6S/c21-15-5-7-18(8-6-15)31(27,28)24(13-19(25)22-11-16-3-1-9-29-16)14-20(26)23-12-17-4-2-10-30-17/h1-10H,11-14H2,(H,22,25)(H,23,26). The number of hydrogen-bond acceptors (Lipinski definition) is 6. The van der Waals surface area contributed by atoms with E-state index in [2.05, 4.69) is 26.6 Å². The molecule has 3 aromatic rings. The summed E-state index contributed by atoms with van der Waals surface area (Å²) in [6, 6.07) is 12.6. The van der Waals surface area contributed by atoms with Crippen LogP contribution in [0.3, 0.4) is 0 Å². The first-order valence-electron chi connectivity index (χ1n) is 9.18. The summed E-state index contributed by atoms with van der Waals surface area (Å²) in [4.78, 5) is 24.8. The highest BCUT2D eigenvalue weighted by molar-refractivity contribution is 9.10. The molecule has 11 heteroatoms. The maximum Gasteiger partial charge on any atom is 0.244 e. The van der Waals surface area contributed by atoms with E-state index in [9.17, 15) is 18.0 Å². The number of halogens is 1. The van der Waals surface area contributed by atoms with E-state index < -0.39 is 34.9 Å². The van der Waals surface area contributed by atoms with Crippen LogP contribution in [0.15, 0.2) is 79.3 Å². The van der Waals surface area contributed by atoms with E-state index in [0.29, 0.717) is 16.0 Å². The highest BCUT2D eigenvalue weighted by Gasteiger charge is 2.28. The minimum Gasteiger partial charge on any atom is -0.467 e. The van der Waals surface area contributed by atoms with Gasteiger partial charge >= 0.3 is 0 Å². The number of carbonyl (C=O) groups is 2. The molecule has 0 aliphatic carbocycles. The van der Waals surface area contributed by atoms with Crippen molar-refractivity contribution in [3.05, 3.63) is 77.1 Å². The molecule has 3 rings (SSSR count). The normalized spacial score (nSPS) is 11.4. The van der Waals surface area contributed by atoms with E-state index >= 15 is 0 Å². The van der Waals surface area contributed by atoms with Crippen LogP contribution in [0.5, 0.6) is 0 Å². The monoisotopic (exact) mass is 509 g/mol. The van der Waals surface area contributed by atoms with Crippen molar-refractivity contribution >= 4 is 37.8 Å². The minimum absolute atomic E-state index is 0.0339. The van der Waals surface area contributed by atoms with Gasteiger partial charge in [-0.3, -0.25) is 9.59 Å². The lowest BCUT2D eigenvalue weighted by molar-refractivity contribution is -0.123. The average molecular weight is 510 g/mol. The lowest BCUT2D eigenvalue weighted by Gasteiger charge is -2.21. The van der Waals surface area contributed by atoms with E-state index in [-0.39, 0.29) is 18.0 Å². The summed E-state index contributed by atoms with van der Waals surface area (Å²) in [7, 11) is -4.11. The molecule has 0 spiro atoms. The summed E-state index contributed by atoms with van der Waals surface area (Å²) in [5.41, 5.74) is 0. The Balaban J connectivity index is 1.71. The molecule has 0 atom stereocenters. The van der Waals surface area contributed by atoms with Crippen LogP contribution in [-0.2, 0) is 32.7 Å². The Morgan fingerprint density at radius 3 is 1.74 bits per heavy atom. The zero-order chi connectivity index (χ0) is 22.3. The summed E-state index contributed by atoms with van der Waals surface area (Å²) in [6.07, 6.45) is 2.93. The first-order valence-corrected chi connectivity index (χ1v) is 11.4. The van der Waals surface area contributed by atoms with Crippen LogP contribution in [-0.4, -0.2) is 37.6 Å². The number of carbonyl (C=O) groups excluding carboxylic acids is 2. The molecule has 0 bridgehead atoms. The third kappa shape index (κ3) is 6.54.